The number of alkyl halides is 3. The van der Waals surface area contributed by atoms with Crippen molar-refractivity contribution in [3.8, 4) is 21.8 Å². The van der Waals surface area contributed by atoms with Crippen LogP contribution in [0.1, 0.15) is 11.0 Å². The Labute approximate surface area is 270 Å². The molecule has 1 atom stereocenters. The van der Waals surface area contributed by atoms with Crippen molar-refractivity contribution in [1.29, 1.82) is 0 Å². The van der Waals surface area contributed by atoms with Crippen molar-refractivity contribution in [1.82, 2.24) is 20.3 Å². The van der Waals surface area contributed by atoms with Crippen molar-refractivity contribution in [3.05, 3.63) is 83.5 Å². The number of carbonyl (C=O) groups is 2. The van der Waals surface area contributed by atoms with Crippen LogP contribution in [0.5, 0.6) is 0 Å². The number of hydrogen-bond donors (Lipinski definition) is 3. The first-order valence-electron chi connectivity index (χ1n) is 13.4. The summed E-state index contributed by atoms with van der Waals surface area (Å²) in [6.07, 6.45) is -4.23. The number of thiazole rings is 1. The molecule has 0 spiro atoms. The molecular weight excluding hydrogens is 694 g/mol. The minimum absolute atomic E-state index is 0.0286. The van der Waals surface area contributed by atoms with Gasteiger partial charge in [0.25, 0.3) is 15.9 Å². The van der Waals surface area contributed by atoms with E-state index in [1.165, 1.54) is 18.2 Å². The number of morpholine rings is 1. The topological polar surface area (TPSA) is 162 Å². The van der Waals surface area contributed by atoms with E-state index < -0.39 is 73.9 Å². The van der Waals surface area contributed by atoms with Gasteiger partial charge in [0, 0.05) is 18.3 Å². The molecule has 4 aromatic rings. The number of anilines is 2. The molecule has 0 bridgehead atoms. The summed E-state index contributed by atoms with van der Waals surface area (Å²) >= 11 is 1.02. The zero-order valence-electron chi connectivity index (χ0n) is 23.9. The lowest BCUT2D eigenvalue weighted by Gasteiger charge is -2.21. The second-order valence-corrected chi connectivity index (χ2v) is 12.4. The number of carbonyl (C=O) groups excluding carboxylic acids is 2. The van der Waals surface area contributed by atoms with Gasteiger partial charge in [-0.25, -0.2) is 41.3 Å². The number of sulfonamides is 1. The van der Waals surface area contributed by atoms with Crippen molar-refractivity contribution in [2.45, 2.75) is 17.1 Å². The Bertz CT molecular complexity index is 2020. The third kappa shape index (κ3) is 7.62. The van der Waals surface area contributed by atoms with Crippen LogP contribution in [0, 0.1) is 17.5 Å². The maximum atomic E-state index is 16.1. The van der Waals surface area contributed by atoms with Crippen LogP contribution < -0.4 is 15.4 Å². The molecule has 2 aromatic carbocycles. The van der Waals surface area contributed by atoms with Crippen molar-refractivity contribution in [2.24, 2.45) is 0 Å². The summed E-state index contributed by atoms with van der Waals surface area (Å²) in [6, 6.07) is 6.24. The molecule has 1 aliphatic heterocycles. The van der Waals surface area contributed by atoms with Gasteiger partial charge >= 0.3 is 12.1 Å². The standard InChI is InChI=1S/C28H20F6N6O6S2/c1-13(46-26(42)28(32,33)34)24(41)39-27-36-8-7-18(37-27)23-22(38-25(47-23)19-12-45-10-9-35-19)15-3-2-4-17(21(15)31)40-48(43,44)20-11-14(29)5-6-16(20)30/h2-8,11,19,35,40H,1,9-10,12H2,(H,36,37,39,41). The number of esters is 1. The second kappa shape index (κ2) is 13.7. The van der Waals surface area contributed by atoms with Gasteiger partial charge in [-0.3, -0.25) is 14.8 Å². The molecule has 48 heavy (non-hydrogen) atoms. The Hall–Kier alpha value is -4.92. The molecule has 1 unspecified atom stereocenters. The fourth-order valence-corrected chi connectivity index (χ4v) is 6.44. The van der Waals surface area contributed by atoms with E-state index in [0.717, 1.165) is 23.6 Å². The van der Waals surface area contributed by atoms with Gasteiger partial charge < -0.3 is 14.8 Å². The lowest BCUT2D eigenvalue weighted by Crippen LogP contribution is -2.34. The average Bonchev–Trinajstić information content (AvgIpc) is 3.48. The highest BCUT2D eigenvalue weighted by Crippen LogP contribution is 2.41. The van der Waals surface area contributed by atoms with E-state index in [1.54, 1.807) is 0 Å². The highest BCUT2D eigenvalue weighted by molar-refractivity contribution is 7.92. The first-order chi connectivity index (χ1) is 22.6. The fraction of sp³-hybridized carbons (Fsp3) is 0.179. The van der Waals surface area contributed by atoms with Crippen LogP contribution in [0.4, 0.5) is 38.0 Å². The maximum absolute atomic E-state index is 16.1. The van der Waals surface area contributed by atoms with Crippen molar-refractivity contribution >= 4 is 44.9 Å². The molecular formula is C28H20F6N6O6S2. The molecule has 0 radical (unpaired) electrons. The molecule has 0 saturated carbocycles. The summed E-state index contributed by atoms with van der Waals surface area (Å²) in [6.45, 7) is 4.07. The van der Waals surface area contributed by atoms with Gasteiger partial charge in [0.2, 0.25) is 5.95 Å². The van der Waals surface area contributed by atoms with Crippen LogP contribution in [0.15, 0.2) is 65.9 Å². The van der Waals surface area contributed by atoms with E-state index in [4.69, 9.17) is 4.74 Å². The number of aromatic nitrogens is 3. The Balaban J connectivity index is 1.51. The summed E-state index contributed by atoms with van der Waals surface area (Å²) < 4.78 is 119. The predicted molar refractivity (Wildman–Crippen MR) is 157 cm³/mol. The van der Waals surface area contributed by atoms with Crippen LogP contribution in [-0.2, 0) is 29.1 Å². The monoisotopic (exact) mass is 714 g/mol. The van der Waals surface area contributed by atoms with Crippen LogP contribution in [0.3, 0.4) is 0 Å². The lowest BCUT2D eigenvalue weighted by atomic mass is 10.1. The molecule has 3 heterocycles. The van der Waals surface area contributed by atoms with Gasteiger partial charge in [0.1, 0.15) is 21.5 Å². The largest absolute Gasteiger partial charge is 0.491 e. The van der Waals surface area contributed by atoms with E-state index in [1.807, 2.05) is 10.0 Å². The Morgan fingerprint density at radius 1 is 1.10 bits per heavy atom. The number of rotatable bonds is 9. The van der Waals surface area contributed by atoms with E-state index in [0.29, 0.717) is 36.4 Å². The predicted octanol–water partition coefficient (Wildman–Crippen LogP) is 4.70. The molecule has 252 valence electrons. The SMILES string of the molecule is C=C(OC(=O)C(F)(F)F)C(=O)Nc1nccc(-c2sc(C3COCCN3)nc2-c2cccc(NS(=O)(=O)c3cc(F)ccc3F)c2F)n1. The number of nitrogens with zero attached hydrogens (tertiary/aromatic N) is 3. The Morgan fingerprint density at radius 3 is 2.58 bits per heavy atom. The first kappa shape index (κ1) is 34.4. The summed E-state index contributed by atoms with van der Waals surface area (Å²) in [4.78, 5) is 35.1. The molecule has 5 rings (SSSR count). The fourth-order valence-electron chi connectivity index (χ4n) is 4.18. The molecule has 1 amide bonds. The van der Waals surface area contributed by atoms with E-state index in [2.05, 4.69) is 31.6 Å². The number of amides is 1. The summed E-state index contributed by atoms with van der Waals surface area (Å²) in [7, 11) is -4.81. The molecule has 20 heteroatoms. The number of benzene rings is 2. The van der Waals surface area contributed by atoms with Crippen LogP contribution >= 0.6 is 11.3 Å². The van der Waals surface area contributed by atoms with Crippen LogP contribution in [0.2, 0.25) is 0 Å². The van der Waals surface area contributed by atoms with Gasteiger partial charge in [-0.2, -0.15) is 13.2 Å². The molecule has 2 aromatic heterocycles. The molecule has 0 aliphatic carbocycles. The second-order valence-electron chi connectivity index (χ2n) is 9.69. The summed E-state index contributed by atoms with van der Waals surface area (Å²) in [5.41, 5.74) is -0.905. The maximum Gasteiger partial charge on any atom is 0.491 e. The van der Waals surface area contributed by atoms with Gasteiger partial charge in [-0.05, 0) is 36.4 Å². The van der Waals surface area contributed by atoms with E-state index >= 15 is 4.39 Å². The minimum Gasteiger partial charge on any atom is -0.415 e. The average molecular weight is 715 g/mol. The minimum atomic E-state index is -5.39. The van der Waals surface area contributed by atoms with Gasteiger partial charge in [-0.1, -0.05) is 12.6 Å². The summed E-state index contributed by atoms with van der Waals surface area (Å²) in [5.74, 6) is -9.18. The zero-order chi connectivity index (χ0) is 34.8. The van der Waals surface area contributed by atoms with Crippen molar-refractivity contribution in [2.75, 3.05) is 29.8 Å². The number of hydrogen-bond acceptors (Lipinski definition) is 11. The van der Waals surface area contributed by atoms with Gasteiger partial charge in [-0.15, -0.1) is 11.3 Å². The van der Waals surface area contributed by atoms with E-state index in [-0.39, 0.29) is 28.4 Å². The summed E-state index contributed by atoms with van der Waals surface area (Å²) in [5, 5.41) is 5.63. The van der Waals surface area contributed by atoms with Crippen LogP contribution in [-0.4, -0.2) is 61.2 Å². The Kier molecular flexibility index (Phi) is 9.80. The first-order valence-corrected chi connectivity index (χ1v) is 15.7. The van der Waals surface area contributed by atoms with Crippen LogP contribution in [0.25, 0.3) is 21.8 Å². The van der Waals surface area contributed by atoms with Gasteiger partial charge in [0.15, 0.2) is 11.6 Å². The highest BCUT2D eigenvalue weighted by Gasteiger charge is 2.42. The quantitative estimate of drug-likeness (QED) is 0.0959. The van der Waals surface area contributed by atoms with Gasteiger partial charge in [0.05, 0.1) is 41.2 Å². The molecule has 1 aliphatic rings. The van der Waals surface area contributed by atoms with Crippen molar-refractivity contribution < 1.29 is 53.8 Å². The van der Waals surface area contributed by atoms with Crippen molar-refractivity contribution in [3.63, 3.8) is 0 Å². The zero-order valence-corrected chi connectivity index (χ0v) is 25.5. The molecule has 1 saturated heterocycles. The third-order valence-corrected chi connectivity index (χ3v) is 8.93. The smallest absolute Gasteiger partial charge is 0.415 e. The number of halogens is 6. The normalized spacial score (nSPS) is 15.1. The third-order valence-electron chi connectivity index (χ3n) is 6.36. The Morgan fingerprint density at radius 2 is 1.88 bits per heavy atom. The molecule has 3 N–H and O–H groups in total. The molecule has 1 fully saturated rings. The lowest BCUT2D eigenvalue weighted by molar-refractivity contribution is -0.195. The molecule has 12 nitrogen and oxygen atoms in total. The highest BCUT2D eigenvalue weighted by atomic mass is 32.2. The number of ether oxygens (including phenoxy) is 2. The number of nitrogens with one attached hydrogen (secondary N) is 3. The van der Waals surface area contributed by atoms with E-state index in [9.17, 15) is 40.0 Å².